The minimum Gasteiger partial charge on any atom is -0.497 e. The van der Waals surface area contributed by atoms with Crippen molar-refractivity contribution in [3.63, 3.8) is 0 Å². The minimum atomic E-state index is -0.226. The van der Waals surface area contributed by atoms with E-state index in [1.807, 2.05) is 47.4 Å². The minimum absolute atomic E-state index is 0.148. The summed E-state index contributed by atoms with van der Waals surface area (Å²) in [5.41, 5.74) is 6.26. The third kappa shape index (κ3) is 3.62. The van der Waals surface area contributed by atoms with E-state index in [4.69, 9.17) is 4.74 Å². The van der Waals surface area contributed by atoms with Crippen LogP contribution < -0.4 is 10.1 Å². The van der Waals surface area contributed by atoms with Crippen LogP contribution in [0, 0.1) is 6.92 Å². The number of benzene rings is 3. The number of hydrogen-bond donors (Lipinski definition) is 1. The third-order valence-electron chi connectivity index (χ3n) is 5.96. The molecule has 1 aliphatic rings. The van der Waals surface area contributed by atoms with Gasteiger partial charge in [0.1, 0.15) is 5.75 Å². The standard InChI is InChI=1S/C27H25N3O2/c1-19-9-11-20(12-10-19)26-25-8-5-17-29(25)24-7-4-3-6-21(24)18-30(26)27(31)28-22-13-15-23(32-2)16-14-22/h3-17,26H,18H2,1-2H3,(H,28,31). The van der Waals surface area contributed by atoms with E-state index in [-0.39, 0.29) is 12.1 Å². The Morgan fingerprint density at radius 1 is 0.938 bits per heavy atom. The number of aryl methyl sites for hydroxylation is 1. The Morgan fingerprint density at radius 2 is 1.69 bits per heavy atom. The lowest BCUT2D eigenvalue weighted by Gasteiger charge is -2.31. The summed E-state index contributed by atoms with van der Waals surface area (Å²) in [5.74, 6) is 0.752. The zero-order chi connectivity index (χ0) is 22.1. The number of aromatic nitrogens is 1. The number of carbonyl (C=O) groups excluding carboxylic acids is 1. The fourth-order valence-electron chi connectivity index (χ4n) is 4.31. The van der Waals surface area contributed by atoms with Crippen LogP contribution in [-0.2, 0) is 6.54 Å². The van der Waals surface area contributed by atoms with Gasteiger partial charge in [-0.3, -0.25) is 0 Å². The van der Waals surface area contributed by atoms with Crippen molar-refractivity contribution in [1.29, 1.82) is 0 Å². The number of amides is 2. The second kappa shape index (κ2) is 8.27. The van der Waals surface area contributed by atoms with Gasteiger partial charge in [-0.05, 0) is 60.5 Å². The van der Waals surface area contributed by atoms with Crippen LogP contribution in [0.3, 0.4) is 0 Å². The molecule has 0 bridgehead atoms. The number of rotatable bonds is 3. The Morgan fingerprint density at radius 3 is 2.44 bits per heavy atom. The fourth-order valence-corrected chi connectivity index (χ4v) is 4.31. The van der Waals surface area contributed by atoms with Crippen molar-refractivity contribution in [2.24, 2.45) is 0 Å². The lowest BCUT2D eigenvalue weighted by atomic mass is 10.0. The van der Waals surface area contributed by atoms with Gasteiger partial charge in [0.15, 0.2) is 0 Å². The van der Waals surface area contributed by atoms with Crippen LogP contribution in [0.4, 0.5) is 10.5 Å². The highest BCUT2D eigenvalue weighted by molar-refractivity contribution is 5.90. The molecule has 0 saturated heterocycles. The second-order valence-corrected chi connectivity index (χ2v) is 8.03. The highest BCUT2D eigenvalue weighted by atomic mass is 16.5. The quantitative estimate of drug-likeness (QED) is 0.444. The van der Waals surface area contributed by atoms with Gasteiger partial charge in [0, 0.05) is 17.6 Å². The summed E-state index contributed by atoms with van der Waals surface area (Å²) in [5, 5.41) is 3.08. The highest BCUT2D eigenvalue weighted by Gasteiger charge is 2.32. The van der Waals surface area contributed by atoms with Crippen LogP contribution in [0.1, 0.15) is 28.4 Å². The van der Waals surface area contributed by atoms with Crippen LogP contribution in [0.15, 0.2) is 91.1 Å². The highest BCUT2D eigenvalue weighted by Crippen LogP contribution is 2.37. The van der Waals surface area contributed by atoms with Crippen molar-refractivity contribution in [3.05, 3.63) is 114 Å². The number of urea groups is 1. The molecule has 5 nitrogen and oxygen atoms in total. The lowest BCUT2D eigenvalue weighted by molar-refractivity contribution is 0.194. The van der Waals surface area contributed by atoms with E-state index in [0.29, 0.717) is 6.54 Å². The number of anilines is 1. The van der Waals surface area contributed by atoms with Gasteiger partial charge in [0.05, 0.1) is 25.4 Å². The number of fused-ring (bicyclic) bond motifs is 3. The summed E-state index contributed by atoms with van der Waals surface area (Å²) < 4.78 is 7.43. The average Bonchev–Trinajstić information content (AvgIpc) is 3.25. The van der Waals surface area contributed by atoms with E-state index in [1.165, 1.54) is 5.56 Å². The Bertz CT molecular complexity index is 1240. The van der Waals surface area contributed by atoms with Gasteiger partial charge < -0.3 is 19.5 Å². The van der Waals surface area contributed by atoms with Crippen LogP contribution in [0.25, 0.3) is 5.69 Å². The van der Waals surface area contributed by atoms with Crippen LogP contribution >= 0.6 is 0 Å². The molecule has 5 heteroatoms. The number of nitrogens with zero attached hydrogens (tertiary/aromatic N) is 2. The summed E-state index contributed by atoms with van der Waals surface area (Å²) in [6, 6.07) is 27.8. The molecule has 0 aliphatic carbocycles. The third-order valence-corrected chi connectivity index (χ3v) is 5.96. The van der Waals surface area contributed by atoms with Crippen LogP contribution in [0.2, 0.25) is 0 Å². The predicted octanol–water partition coefficient (Wildman–Crippen LogP) is 5.93. The number of para-hydroxylation sites is 1. The van der Waals surface area contributed by atoms with E-state index in [2.05, 4.69) is 65.5 Å². The van der Waals surface area contributed by atoms with Crippen molar-refractivity contribution in [2.45, 2.75) is 19.5 Å². The predicted molar refractivity (Wildman–Crippen MR) is 126 cm³/mol. The maximum atomic E-state index is 13.6. The average molecular weight is 424 g/mol. The van der Waals surface area contributed by atoms with Gasteiger partial charge in [0.2, 0.25) is 0 Å². The van der Waals surface area contributed by atoms with Gasteiger partial charge in [-0.25, -0.2) is 4.79 Å². The van der Waals surface area contributed by atoms with E-state index in [0.717, 1.165) is 33.9 Å². The molecule has 4 aromatic rings. The largest absolute Gasteiger partial charge is 0.497 e. The Kier molecular flexibility index (Phi) is 5.15. The molecular formula is C27H25N3O2. The van der Waals surface area contributed by atoms with Crippen LogP contribution in [-0.4, -0.2) is 22.6 Å². The molecule has 0 radical (unpaired) electrons. The number of methoxy groups -OCH3 is 1. The molecule has 1 aromatic heterocycles. The maximum absolute atomic E-state index is 13.6. The lowest BCUT2D eigenvalue weighted by Crippen LogP contribution is -2.37. The van der Waals surface area contributed by atoms with Gasteiger partial charge >= 0.3 is 6.03 Å². The SMILES string of the molecule is COc1ccc(NC(=O)N2Cc3ccccc3-n3cccc3C2c2ccc(C)cc2)cc1. The van der Waals surface area contributed by atoms with Gasteiger partial charge in [-0.15, -0.1) is 0 Å². The number of hydrogen-bond acceptors (Lipinski definition) is 2. The molecule has 1 atom stereocenters. The molecule has 0 saturated carbocycles. The fraction of sp³-hybridized carbons (Fsp3) is 0.148. The summed E-state index contributed by atoms with van der Waals surface area (Å²) >= 11 is 0. The van der Waals surface area contributed by atoms with Gasteiger partial charge in [-0.2, -0.15) is 0 Å². The van der Waals surface area contributed by atoms with Gasteiger partial charge in [-0.1, -0.05) is 48.0 Å². The van der Waals surface area contributed by atoms with Gasteiger partial charge in [0.25, 0.3) is 0 Å². The molecule has 32 heavy (non-hydrogen) atoms. The molecule has 0 spiro atoms. The molecule has 1 N–H and O–H groups in total. The Labute approximate surface area is 187 Å². The summed E-state index contributed by atoms with van der Waals surface area (Å²) in [4.78, 5) is 15.6. The molecular weight excluding hydrogens is 398 g/mol. The first-order valence-electron chi connectivity index (χ1n) is 10.7. The monoisotopic (exact) mass is 423 g/mol. The summed E-state index contributed by atoms with van der Waals surface area (Å²) in [6.07, 6.45) is 2.07. The molecule has 2 heterocycles. The summed E-state index contributed by atoms with van der Waals surface area (Å²) in [6.45, 7) is 2.57. The second-order valence-electron chi connectivity index (χ2n) is 8.03. The molecule has 1 unspecified atom stereocenters. The smallest absolute Gasteiger partial charge is 0.322 e. The maximum Gasteiger partial charge on any atom is 0.322 e. The zero-order valence-corrected chi connectivity index (χ0v) is 18.2. The normalized spacial score (nSPS) is 14.8. The molecule has 2 amide bonds. The number of nitrogens with one attached hydrogen (secondary N) is 1. The molecule has 0 fully saturated rings. The molecule has 3 aromatic carbocycles. The van der Waals surface area contributed by atoms with Crippen LogP contribution in [0.5, 0.6) is 5.75 Å². The van der Waals surface area contributed by atoms with Crippen molar-refractivity contribution >= 4 is 11.7 Å². The Balaban J connectivity index is 1.59. The first kappa shape index (κ1) is 19.9. The van der Waals surface area contributed by atoms with E-state index >= 15 is 0 Å². The zero-order valence-electron chi connectivity index (χ0n) is 18.2. The van der Waals surface area contributed by atoms with E-state index in [9.17, 15) is 4.79 Å². The van der Waals surface area contributed by atoms with E-state index in [1.54, 1.807) is 7.11 Å². The Hall–Kier alpha value is -3.99. The first-order chi connectivity index (χ1) is 15.6. The number of ether oxygens (including phenoxy) is 1. The molecule has 5 rings (SSSR count). The first-order valence-corrected chi connectivity index (χ1v) is 10.7. The van der Waals surface area contributed by atoms with Crippen molar-refractivity contribution < 1.29 is 9.53 Å². The number of carbonyl (C=O) groups is 1. The van der Waals surface area contributed by atoms with E-state index < -0.39 is 0 Å². The van der Waals surface area contributed by atoms with Crippen molar-refractivity contribution in [1.82, 2.24) is 9.47 Å². The molecule has 1 aliphatic heterocycles. The van der Waals surface area contributed by atoms with Crippen molar-refractivity contribution in [2.75, 3.05) is 12.4 Å². The topological polar surface area (TPSA) is 46.5 Å². The van der Waals surface area contributed by atoms with Crippen molar-refractivity contribution in [3.8, 4) is 11.4 Å². The summed E-state index contributed by atoms with van der Waals surface area (Å²) in [7, 11) is 1.63. The molecule has 160 valence electrons.